The van der Waals surface area contributed by atoms with E-state index < -0.39 is 17.2 Å². The Balaban J connectivity index is 3.85. The summed E-state index contributed by atoms with van der Waals surface area (Å²) in [5.41, 5.74) is 0. The molecule has 0 aliphatic rings. The molecule has 5 nitrogen and oxygen atoms in total. The maximum atomic E-state index is 9.52. The molecule has 0 aliphatic carbocycles. The third kappa shape index (κ3) is 15.3. The van der Waals surface area contributed by atoms with Crippen molar-refractivity contribution < 1.29 is 23.5 Å². The summed E-state index contributed by atoms with van der Waals surface area (Å²) in [5, 5.41) is 0. The van der Waals surface area contributed by atoms with Gasteiger partial charge in [0.25, 0.3) is 0 Å². The van der Waals surface area contributed by atoms with Crippen LogP contribution in [0.2, 0.25) is 0 Å². The topological polar surface area (TPSA) is 79.2 Å². The van der Waals surface area contributed by atoms with E-state index in [9.17, 15) is 4.89 Å². The first kappa shape index (κ1) is 21.7. The molecule has 0 radical (unpaired) electrons. The highest BCUT2D eigenvalue weighted by Gasteiger charge is 2.20. The molecule has 0 aromatic heterocycles. The van der Waals surface area contributed by atoms with Crippen molar-refractivity contribution in [2.45, 2.75) is 84.7 Å². The molecular weight excluding hydrogens is 310 g/mol. The lowest BCUT2D eigenvalue weighted by Gasteiger charge is -2.21. The van der Waals surface area contributed by atoms with Crippen LogP contribution in [0.25, 0.3) is 0 Å². The molecule has 21 heavy (non-hydrogen) atoms. The van der Waals surface area contributed by atoms with Gasteiger partial charge < -0.3 is 19.2 Å². The lowest BCUT2D eigenvalue weighted by molar-refractivity contribution is 0.138. The minimum atomic E-state index is -2.56. The van der Waals surface area contributed by atoms with E-state index in [1.54, 1.807) is 0 Å². The number of unbranched alkanes of at least 4 members (excludes halogenated alkanes) is 6. The number of hydrogen-bond acceptors (Lipinski definition) is 5. The Morgan fingerprint density at radius 1 is 0.905 bits per heavy atom. The average Bonchev–Trinajstić information content (AvgIpc) is 2.35. The van der Waals surface area contributed by atoms with Gasteiger partial charge in [-0.1, -0.05) is 65.7 Å². The summed E-state index contributed by atoms with van der Waals surface area (Å²) in [6, 6.07) is 0. The highest BCUT2D eigenvalue weighted by atomic mass is 31.2. The zero-order valence-corrected chi connectivity index (χ0v) is 15.4. The SMILES string of the molecule is CCCCCCCCCC(CC(C)C)OP(O)OP(O)O. The maximum absolute atomic E-state index is 9.52. The lowest BCUT2D eigenvalue weighted by atomic mass is 10.0. The Bertz CT molecular complexity index is 229. The molecule has 0 spiro atoms. The Morgan fingerprint density at radius 2 is 1.48 bits per heavy atom. The maximum Gasteiger partial charge on any atom is 0.337 e. The lowest BCUT2D eigenvalue weighted by Crippen LogP contribution is -2.13. The zero-order valence-electron chi connectivity index (χ0n) is 13.6. The normalized spacial score (nSPS) is 14.9. The summed E-state index contributed by atoms with van der Waals surface area (Å²) >= 11 is 0. The molecule has 0 saturated heterocycles. The minimum Gasteiger partial charge on any atom is -0.328 e. The van der Waals surface area contributed by atoms with Gasteiger partial charge in [0.05, 0.1) is 6.10 Å². The Hall–Kier alpha value is 0.660. The molecule has 0 aliphatic heterocycles. The van der Waals surface area contributed by atoms with Crippen LogP contribution in [0.1, 0.15) is 78.6 Å². The van der Waals surface area contributed by atoms with Crippen molar-refractivity contribution in [2.24, 2.45) is 5.92 Å². The highest BCUT2D eigenvalue weighted by Crippen LogP contribution is 2.48. The van der Waals surface area contributed by atoms with E-state index in [1.165, 1.54) is 38.5 Å². The van der Waals surface area contributed by atoms with Gasteiger partial charge in [0, 0.05) is 0 Å². The standard InChI is InChI=1S/C14H32O5P2/c1-4-5-6-7-8-9-10-11-14(12-13(2)3)18-21(17)19-20(15)16/h13-17H,4-12H2,1-3H3. The van der Waals surface area contributed by atoms with Gasteiger partial charge in [-0.3, -0.25) is 0 Å². The van der Waals surface area contributed by atoms with Gasteiger partial charge in [0.15, 0.2) is 0 Å². The second-order valence-electron chi connectivity index (χ2n) is 5.84. The number of hydrogen-bond donors (Lipinski definition) is 3. The van der Waals surface area contributed by atoms with Crippen molar-refractivity contribution in [1.82, 2.24) is 0 Å². The van der Waals surface area contributed by atoms with Crippen molar-refractivity contribution >= 4 is 17.2 Å². The van der Waals surface area contributed by atoms with Crippen molar-refractivity contribution in [3.63, 3.8) is 0 Å². The van der Waals surface area contributed by atoms with Gasteiger partial charge in [0.2, 0.25) is 0 Å². The van der Waals surface area contributed by atoms with Crippen LogP contribution in [0.3, 0.4) is 0 Å². The van der Waals surface area contributed by atoms with Crippen molar-refractivity contribution in [3.8, 4) is 0 Å². The fourth-order valence-corrected chi connectivity index (χ4v) is 3.38. The van der Waals surface area contributed by atoms with E-state index >= 15 is 0 Å². The van der Waals surface area contributed by atoms with E-state index in [4.69, 9.17) is 14.3 Å². The van der Waals surface area contributed by atoms with Crippen LogP contribution >= 0.6 is 17.2 Å². The fraction of sp³-hybridized carbons (Fsp3) is 1.00. The van der Waals surface area contributed by atoms with Crippen LogP contribution in [0, 0.1) is 5.92 Å². The van der Waals surface area contributed by atoms with Gasteiger partial charge in [-0.05, 0) is 18.8 Å². The molecular formula is C14H32O5P2. The highest BCUT2D eigenvalue weighted by molar-refractivity contribution is 7.54. The van der Waals surface area contributed by atoms with E-state index in [2.05, 4.69) is 25.1 Å². The smallest absolute Gasteiger partial charge is 0.328 e. The summed E-state index contributed by atoms with van der Waals surface area (Å²) in [6.07, 6.45) is 10.3. The van der Waals surface area contributed by atoms with Crippen LogP contribution in [-0.2, 0) is 8.83 Å². The average molecular weight is 342 g/mol. The van der Waals surface area contributed by atoms with Gasteiger partial charge in [-0.25, -0.2) is 4.31 Å². The molecule has 0 heterocycles. The molecule has 7 heteroatoms. The summed E-state index contributed by atoms with van der Waals surface area (Å²) in [7, 11) is -4.76. The predicted molar refractivity (Wildman–Crippen MR) is 88.5 cm³/mol. The zero-order chi connectivity index (χ0) is 16.1. The molecule has 128 valence electrons. The van der Waals surface area contributed by atoms with Crippen LogP contribution in [0.4, 0.5) is 0 Å². The Morgan fingerprint density at radius 3 is 2.00 bits per heavy atom. The first-order chi connectivity index (χ1) is 9.95. The summed E-state index contributed by atoms with van der Waals surface area (Å²) in [4.78, 5) is 26.9. The molecule has 0 fully saturated rings. The molecule has 2 atom stereocenters. The van der Waals surface area contributed by atoms with Crippen LogP contribution in [0.5, 0.6) is 0 Å². The van der Waals surface area contributed by atoms with Crippen LogP contribution in [0.15, 0.2) is 0 Å². The van der Waals surface area contributed by atoms with E-state index in [1.807, 2.05) is 0 Å². The molecule has 0 bridgehead atoms. The van der Waals surface area contributed by atoms with E-state index in [-0.39, 0.29) is 6.10 Å². The largest absolute Gasteiger partial charge is 0.337 e. The number of rotatable bonds is 14. The summed E-state index contributed by atoms with van der Waals surface area (Å²) < 4.78 is 9.92. The first-order valence-corrected chi connectivity index (χ1v) is 10.3. The molecule has 0 saturated carbocycles. The third-order valence-corrected chi connectivity index (χ3v) is 4.87. The van der Waals surface area contributed by atoms with Crippen molar-refractivity contribution in [1.29, 1.82) is 0 Å². The third-order valence-electron chi connectivity index (χ3n) is 3.25. The molecule has 0 rings (SSSR count). The monoisotopic (exact) mass is 342 g/mol. The van der Waals surface area contributed by atoms with Gasteiger partial charge in [-0.15, -0.1) is 0 Å². The fourth-order valence-electron chi connectivity index (χ4n) is 2.28. The quantitative estimate of drug-likeness (QED) is 0.306. The van der Waals surface area contributed by atoms with E-state index in [0.717, 1.165) is 19.3 Å². The minimum absolute atomic E-state index is 0.0771. The van der Waals surface area contributed by atoms with Gasteiger partial charge >= 0.3 is 17.2 Å². The summed E-state index contributed by atoms with van der Waals surface area (Å²) in [5.74, 6) is 0.465. The summed E-state index contributed by atoms with van der Waals surface area (Å²) in [6.45, 7) is 6.42. The Labute approximate surface area is 132 Å². The van der Waals surface area contributed by atoms with Gasteiger partial charge in [0.1, 0.15) is 0 Å². The molecule has 3 N–H and O–H groups in total. The van der Waals surface area contributed by atoms with Gasteiger partial charge in [-0.2, -0.15) is 0 Å². The second-order valence-corrected chi connectivity index (χ2v) is 7.68. The molecule has 0 amide bonds. The first-order valence-electron chi connectivity index (χ1n) is 7.97. The van der Waals surface area contributed by atoms with Crippen molar-refractivity contribution in [2.75, 3.05) is 0 Å². The molecule has 0 aromatic rings. The second kappa shape index (κ2) is 14.3. The van der Waals surface area contributed by atoms with Crippen LogP contribution in [-0.4, -0.2) is 20.8 Å². The predicted octanol–water partition coefficient (Wildman–Crippen LogP) is 5.01. The molecule has 2 unspecified atom stereocenters. The molecule has 0 aromatic carbocycles. The van der Waals surface area contributed by atoms with Crippen LogP contribution < -0.4 is 0 Å². The Kier molecular flexibility index (Phi) is 14.7. The van der Waals surface area contributed by atoms with Crippen molar-refractivity contribution in [3.05, 3.63) is 0 Å². The van der Waals surface area contributed by atoms with E-state index in [0.29, 0.717) is 5.92 Å².